The van der Waals surface area contributed by atoms with Crippen molar-refractivity contribution in [2.24, 2.45) is 0 Å². The summed E-state index contributed by atoms with van der Waals surface area (Å²) in [5.74, 6) is 0.514. The third-order valence-electron chi connectivity index (χ3n) is 2.16. The zero-order valence-electron chi connectivity index (χ0n) is 9.19. The van der Waals surface area contributed by atoms with Crippen molar-refractivity contribution < 1.29 is 19.4 Å². The first kappa shape index (κ1) is 12.5. The lowest BCUT2D eigenvalue weighted by molar-refractivity contribution is 0.266. The topological polar surface area (TPSA) is 79.9 Å². The van der Waals surface area contributed by atoms with Crippen molar-refractivity contribution in [2.45, 2.75) is 13.5 Å². The molecule has 5 nitrogen and oxygen atoms in total. The van der Waals surface area contributed by atoms with E-state index in [4.69, 9.17) is 14.3 Å². The maximum Gasteiger partial charge on any atom is 0.339 e. The van der Waals surface area contributed by atoms with Gasteiger partial charge in [0.2, 0.25) is 0 Å². The summed E-state index contributed by atoms with van der Waals surface area (Å²) in [6.07, 6.45) is 1.48. The summed E-state index contributed by atoms with van der Waals surface area (Å²) in [5.41, 5.74) is 0.404. The van der Waals surface area contributed by atoms with Crippen LogP contribution in [0.25, 0.3) is 5.57 Å². The van der Waals surface area contributed by atoms with Gasteiger partial charge in [-0.05, 0) is 12.5 Å². The molecule has 0 aliphatic heterocycles. The molecule has 0 amide bonds. The highest BCUT2D eigenvalue weighted by atomic mass is 16.5. The normalized spacial score (nSPS) is 11.6. The summed E-state index contributed by atoms with van der Waals surface area (Å²) in [6, 6.07) is 1.17. The Morgan fingerprint density at radius 3 is 2.75 bits per heavy atom. The highest BCUT2D eigenvalue weighted by Crippen LogP contribution is 2.25. The van der Waals surface area contributed by atoms with Gasteiger partial charge in [-0.3, -0.25) is 0 Å². The molecule has 0 fully saturated rings. The molecule has 0 radical (unpaired) electrons. The molecule has 1 aromatic heterocycles. The predicted octanol–water partition coefficient (Wildman–Crippen LogP) is 0.536. The van der Waals surface area contributed by atoms with Crippen molar-refractivity contribution in [3.63, 3.8) is 0 Å². The van der Waals surface area contributed by atoms with Crippen molar-refractivity contribution in [2.75, 3.05) is 13.7 Å². The van der Waals surface area contributed by atoms with Gasteiger partial charge >= 0.3 is 5.63 Å². The monoisotopic (exact) mass is 226 g/mol. The Bertz CT molecular complexity index is 444. The van der Waals surface area contributed by atoms with Crippen LogP contribution in [0.5, 0.6) is 5.75 Å². The maximum absolute atomic E-state index is 11.2. The Morgan fingerprint density at radius 2 is 2.25 bits per heavy atom. The molecular formula is C11H14O5. The lowest BCUT2D eigenvalue weighted by Crippen LogP contribution is -2.06. The molecule has 1 heterocycles. The van der Waals surface area contributed by atoms with Crippen LogP contribution in [0.3, 0.4) is 0 Å². The van der Waals surface area contributed by atoms with Gasteiger partial charge in [0.25, 0.3) is 0 Å². The summed E-state index contributed by atoms with van der Waals surface area (Å²) in [6.45, 7) is 1.20. The van der Waals surface area contributed by atoms with E-state index in [1.54, 1.807) is 6.92 Å². The van der Waals surface area contributed by atoms with E-state index in [2.05, 4.69) is 0 Å². The number of aliphatic hydroxyl groups excluding tert-OH is 2. The van der Waals surface area contributed by atoms with E-state index < -0.39 is 5.63 Å². The first-order chi connectivity index (χ1) is 7.63. The zero-order valence-corrected chi connectivity index (χ0v) is 9.19. The van der Waals surface area contributed by atoms with Crippen LogP contribution in [0, 0.1) is 0 Å². The minimum atomic E-state index is -0.560. The SMILES string of the molecule is COc1cc(=O)oc(C(C)=CCO)c1CO. The number of hydrogen-bond donors (Lipinski definition) is 2. The van der Waals surface area contributed by atoms with Crippen molar-refractivity contribution in [1.29, 1.82) is 0 Å². The Morgan fingerprint density at radius 1 is 1.56 bits per heavy atom. The van der Waals surface area contributed by atoms with Crippen LogP contribution < -0.4 is 10.4 Å². The molecule has 0 unspecified atom stereocenters. The molecular weight excluding hydrogens is 212 g/mol. The van der Waals surface area contributed by atoms with E-state index in [1.807, 2.05) is 0 Å². The molecule has 1 aromatic rings. The van der Waals surface area contributed by atoms with Crippen molar-refractivity contribution in [3.05, 3.63) is 33.9 Å². The molecule has 0 aliphatic rings. The molecule has 0 atom stereocenters. The Kier molecular flexibility index (Phi) is 4.28. The summed E-state index contributed by atoms with van der Waals surface area (Å²) in [4.78, 5) is 11.2. The zero-order chi connectivity index (χ0) is 12.1. The van der Waals surface area contributed by atoms with E-state index in [9.17, 15) is 9.90 Å². The number of rotatable bonds is 4. The van der Waals surface area contributed by atoms with Gasteiger partial charge in [0.05, 0.1) is 32.0 Å². The Hall–Kier alpha value is -1.59. The second kappa shape index (κ2) is 5.48. The summed E-state index contributed by atoms with van der Waals surface area (Å²) in [7, 11) is 1.41. The van der Waals surface area contributed by atoms with Gasteiger partial charge in [-0.25, -0.2) is 4.79 Å². The van der Waals surface area contributed by atoms with Crippen molar-refractivity contribution in [1.82, 2.24) is 0 Å². The number of ether oxygens (including phenoxy) is 1. The van der Waals surface area contributed by atoms with Gasteiger partial charge in [-0.2, -0.15) is 0 Å². The van der Waals surface area contributed by atoms with E-state index in [0.29, 0.717) is 11.1 Å². The van der Waals surface area contributed by atoms with Crippen LogP contribution in [0.15, 0.2) is 21.4 Å². The van der Waals surface area contributed by atoms with Crippen LogP contribution in [-0.4, -0.2) is 23.9 Å². The number of methoxy groups -OCH3 is 1. The third-order valence-corrected chi connectivity index (χ3v) is 2.16. The van der Waals surface area contributed by atoms with Gasteiger partial charge in [0, 0.05) is 0 Å². The van der Waals surface area contributed by atoms with E-state index >= 15 is 0 Å². The molecule has 0 saturated carbocycles. The summed E-state index contributed by atoms with van der Waals surface area (Å²) >= 11 is 0. The second-order valence-electron chi connectivity index (χ2n) is 3.17. The lowest BCUT2D eigenvalue weighted by Gasteiger charge is -2.10. The standard InChI is InChI=1S/C11H14O5/c1-7(3-4-12)11-8(6-13)9(15-2)5-10(14)16-11/h3,5,12-13H,4,6H2,1-2H3. The number of aliphatic hydroxyl groups is 2. The highest BCUT2D eigenvalue weighted by Gasteiger charge is 2.14. The minimum absolute atomic E-state index is 0.169. The lowest BCUT2D eigenvalue weighted by atomic mass is 10.1. The van der Waals surface area contributed by atoms with Gasteiger partial charge in [0.15, 0.2) is 0 Å². The average molecular weight is 226 g/mol. The Balaban J connectivity index is 3.42. The average Bonchev–Trinajstić information content (AvgIpc) is 2.28. The van der Waals surface area contributed by atoms with Crippen LogP contribution in [0.1, 0.15) is 18.2 Å². The molecule has 16 heavy (non-hydrogen) atoms. The first-order valence-electron chi connectivity index (χ1n) is 4.74. The highest BCUT2D eigenvalue weighted by molar-refractivity contribution is 5.63. The van der Waals surface area contributed by atoms with E-state index in [1.165, 1.54) is 19.3 Å². The largest absolute Gasteiger partial charge is 0.496 e. The quantitative estimate of drug-likeness (QED) is 0.783. The smallest absolute Gasteiger partial charge is 0.339 e. The van der Waals surface area contributed by atoms with Gasteiger partial charge in [-0.15, -0.1) is 0 Å². The van der Waals surface area contributed by atoms with Crippen molar-refractivity contribution >= 4 is 5.57 Å². The number of allylic oxidation sites excluding steroid dienone is 1. The molecule has 0 saturated heterocycles. The van der Waals surface area contributed by atoms with Crippen LogP contribution in [0.4, 0.5) is 0 Å². The van der Waals surface area contributed by atoms with Gasteiger partial charge < -0.3 is 19.4 Å². The molecule has 88 valence electrons. The van der Waals surface area contributed by atoms with E-state index in [0.717, 1.165) is 0 Å². The fourth-order valence-electron chi connectivity index (χ4n) is 1.38. The molecule has 0 spiro atoms. The van der Waals surface area contributed by atoms with Gasteiger partial charge in [-0.1, -0.05) is 6.08 Å². The fourth-order valence-corrected chi connectivity index (χ4v) is 1.38. The summed E-state index contributed by atoms with van der Waals surface area (Å²) < 4.78 is 9.96. The Labute approximate surface area is 92.6 Å². The molecule has 0 aromatic carbocycles. The first-order valence-corrected chi connectivity index (χ1v) is 4.74. The van der Waals surface area contributed by atoms with Crippen LogP contribution in [0.2, 0.25) is 0 Å². The van der Waals surface area contributed by atoms with Gasteiger partial charge in [0.1, 0.15) is 11.5 Å². The second-order valence-corrected chi connectivity index (χ2v) is 3.17. The molecule has 0 bridgehead atoms. The molecule has 0 aliphatic carbocycles. The third kappa shape index (κ3) is 2.50. The van der Waals surface area contributed by atoms with Crippen molar-refractivity contribution in [3.8, 4) is 5.75 Å². The molecule has 2 N–H and O–H groups in total. The van der Waals surface area contributed by atoms with E-state index in [-0.39, 0.29) is 24.7 Å². The fraction of sp³-hybridized carbons (Fsp3) is 0.364. The minimum Gasteiger partial charge on any atom is -0.496 e. The number of hydrogen-bond acceptors (Lipinski definition) is 5. The molecule has 5 heteroatoms. The summed E-state index contributed by atoms with van der Waals surface area (Å²) in [5, 5.41) is 18.0. The predicted molar refractivity (Wildman–Crippen MR) is 58.2 cm³/mol. The maximum atomic E-state index is 11.2. The van der Waals surface area contributed by atoms with Crippen LogP contribution in [-0.2, 0) is 6.61 Å². The molecule has 1 rings (SSSR count). The van der Waals surface area contributed by atoms with Crippen LogP contribution >= 0.6 is 0 Å².